The van der Waals surface area contributed by atoms with E-state index in [-0.39, 0.29) is 18.3 Å². The highest BCUT2D eigenvalue weighted by Gasteiger charge is 2.26. The zero-order chi connectivity index (χ0) is 14.8. The van der Waals surface area contributed by atoms with Crippen LogP contribution in [0.25, 0.3) is 0 Å². The highest BCUT2D eigenvalue weighted by atomic mass is 19.1. The van der Waals surface area contributed by atoms with Gasteiger partial charge < -0.3 is 10.6 Å². The van der Waals surface area contributed by atoms with Crippen LogP contribution in [0, 0.1) is 5.82 Å². The molecule has 0 aromatic heterocycles. The van der Waals surface area contributed by atoms with Crippen molar-refractivity contribution in [2.75, 3.05) is 11.4 Å². The minimum Gasteiger partial charge on any atom is -0.322 e. The summed E-state index contributed by atoms with van der Waals surface area (Å²) in [4.78, 5) is 13.9. The molecule has 1 amide bonds. The van der Waals surface area contributed by atoms with Crippen LogP contribution in [0.15, 0.2) is 48.5 Å². The first-order valence-corrected chi connectivity index (χ1v) is 7.05. The van der Waals surface area contributed by atoms with E-state index in [1.807, 2.05) is 24.3 Å². The van der Waals surface area contributed by atoms with Gasteiger partial charge in [0, 0.05) is 24.2 Å². The van der Waals surface area contributed by atoms with Gasteiger partial charge in [-0.25, -0.2) is 4.39 Å². The number of hydrogen-bond acceptors (Lipinski definition) is 2. The molecule has 4 heteroatoms. The molecule has 1 aliphatic rings. The Labute approximate surface area is 123 Å². The number of nitrogens with two attached hydrogens (primary N) is 1. The molecule has 2 N–H and O–H groups in total. The Bertz CT molecular complexity index is 671. The second kappa shape index (κ2) is 5.66. The number of para-hydroxylation sites is 1. The average Bonchev–Trinajstić information content (AvgIpc) is 2.50. The molecule has 2 aromatic rings. The molecule has 2 aromatic carbocycles. The Morgan fingerprint density at radius 1 is 1.10 bits per heavy atom. The van der Waals surface area contributed by atoms with Crippen LogP contribution in [0.4, 0.5) is 10.1 Å². The van der Waals surface area contributed by atoms with Crippen LogP contribution in [0.2, 0.25) is 0 Å². The van der Waals surface area contributed by atoms with Crippen LogP contribution in [-0.2, 0) is 11.2 Å². The number of anilines is 1. The van der Waals surface area contributed by atoms with E-state index in [2.05, 4.69) is 0 Å². The number of nitrogens with zero attached hydrogens (tertiary/aromatic N) is 1. The van der Waals surface area contributed by atoms with Crippen molar-refractivity contribution in [1.82, 2.24) is 0 Å². The number of hydrogen-bond donors (Lipinski definition) is 1. The van der Waals surface area contributed by atoms with Gasteiger partial charge in [-0.1, -0.05) is 36.4 Å². The number of carbonyl (C=O) groups is 1. The zero-order valence-corrected chi connectivity index (χ0v) is 11.6. The van der Waals surface area contributed by atoms with E-state index in [1.54, 1.807) is 23.1 Å². The van der Waals surface area contributed by atoms with Gasteiger partial charge >= 0.3 is 0 Å². The standard InChI is InChI=1S/C17H17FN2O/c18-14-7-3-2-6-13(14)15(19)11-20-16-8-4-1-5-12(16)9-10-17(20)21/h1-8,15H,9-11,19H2. The van der Waals surface area contributed by atoms with E-state index in [0.29, 0.717) is 12.0 Å². The van der Waals surface area contributed by atoms with Crippen LogP contribution in [0.5, 0.6) is 0 Å². The van der Waals surface area contributed by atoms with Gasteiger partial charge in [-0.05, 0) is 24.1 Å². The molecule has 21 heavy (non-hydrogen) atoms. The number of fused-ring (bicyclic) bond motifs is 1. The van der Waals surface area contributed by atoms with Gasteiger partial charge in [-0.2, -0.15) is 0 Å². The van der Waals surface area contributed by atoms with Crippen molar-refractivity contribution in [3.05, 3.63) is 65.5 Å². The molecule has 0 saturated carbocycles. The SMILES string of the molecule is NC(CN1C(=O)CCc2ccccc21)c1ccccc1F. The Morgan fingerprint density at radius 2 is 1.81 bits per heavy atom. The summed E-state index contributed by atoms with van der Waals surface area (Å²) in [5.74, 6) is -0.289. The normalized spacial score (nSPS) is 15.7. The Morgan fingerprint density at radius 3 is 2.62 bits per heavy atom. The third kappa shape index (κ3) is 2.67. The van der Waals surface area contributed by atoms with Gasteiger partial charge in [-0.3, -0.25) is 4.79 Å². The van der Waals surface area contributed by atoms with Crippen molar-refractivity contribution in [3.63, 3.8) is 0 Å². The smallest absolute Gasteiger partial charge is 0.227 e. The Balaban J connectivity index is 1.88. The van der Waals surface area contributed by atoms with Crippen molar-refractivity contribution in [1.29, 1.82) is 0 Å². The van der Waals surface area contributed by atoms with Crippen LogP contribution >= 0.6 is 0 Å². The second-order valence-corrected chi connectivity index (χ2v) is 5.26. The fraction of sp³-hybridized carbons (Fsp3) is 0.235. The molecule has 1 aliphatic heterocycles. The van der Waals surface area contributed by atoms with E-state index in [4.69, 9.17) is 5.73 Å². The molecule has 0 spiro atoms. The molecule has 0 radical (unpaired) electrons. The predicted octanol–water partition coefficient (Wildman–Crippen LogP) is 2.80. The van der Waals surface area contributed by atoms with E-state index < -0.39 is 6.04 Å². The topological polar surface area (TPSA) is 46.3 Å². The summed E-state index contributed by atoms with van der Waals surface area (Å²) in [6.45, 7) is 0.288. The van der Waals surface area contributed by atoms with E-state index in [0.717, 1.165) is 17.7 Å². The molecule has 108 valence electrons. The fourth-order valence-electron chi connectivity index (χ4n) is 2.77. The first-order valence-electron chi connectivity index (χ1n) is 7.05. The van der Waals surface area contributed by atoms with Crippen molar-refractivity contribution in [3.8, 4) is 0 Å². The predicted molar refractivity (Wildman–Crippen MR) is 80.4 cm³/mol. The lowest BCUT2D eigenvalue weighted by atomic mass is 9.99. The van der Waals surface area contributed by atoms with E-state index in [1.165, 1.54) is 6.07 Å². The summed E-state index contributed by atoms with van der Waals surface area (Å²) >= 11 is 0. The highest BCUT2D eigenvalue weighted by molar-refractivity contribution is 5.96. The molecular formula is C17H17FN2O. The number of rotatable bonds is 3. The lowest BCUT2D eigenvalue weighted by Crippen LogP contribution is -2.40. The first-order chi connectivity index (χ1) is 10.2. The molecule has 0 saturated heterocycles. The van der Waals surface area contributed by atoms with Crippen molar-refractivity contribution in [2.45, 2.75) is 18.9 Å². The van der Waals surface area contributed by atoms with Gasteiger partial charge in [-0.15, -0.1) is 0 Å². The third-order valence-electron chi connectivity index (χ3n) is 3.88. The van der Waals surface area contributed by atoms with E-state index >= 15 is 0 Å². The molecule has 3 rings (SSSR count). The third-order valence-corrected chi connectivity index (χ3v) is 3.88. The summed E-state index contributed by atoms with van der Waals surface area (Å²) in [5.41, 5.74) is 8.58. The van der Waals surface area contributed by atoms with Crippen molar-refractivity contribution >= 4 is 11.6 Å². The summed E-state index contributed by atoms with van der Waals surface area (Å²) in [7, 11) is 0. The maximum absolute atomic E-state index is 13.8. The summed E-state index contributed by atoms with van der Waals surface area (Å²) < 4.78 is 13.8. The first kappa shape index (κ1) is 13.8. The fourth-order valence-corrected chi connectivity index (χ4v) is 2.77. The lowest BCUT2D eigenvalue weighted by molar-refractivity contribution is -0.119. The monoisotopic (exact) mass is 284 g/mol. The van der Waals surface area contributed by atoms with Gasteiger partial charge in [0.15, 0.2) is 0 Å². The van der Waals surface area contributed by atoms with Gasteiger partial charge in [0.2, 0.25) is 5.91 Å². The lowest BCUT2D eigenvalue weighted by Gasteiger charge is -2.31. The minimum atomic E-state index is -0.540. The minimum absolute atomic E-state index is 0.0421. The second-order valence-electron chi connectivity index (χ2n) is 5.26. The molecule has 1 atom stereocenters. The molecule has 0 bridgehead atoms. The largest absolute Gasteiger partial charge is 0.322 e. The molecule has 0 aliphatic carbocycles. The quantitative estimate of drug-likeness (QED) is 0.942. The van der Waals surface area contributed by atoms with Crippen LogP contribution in [-0.4, -0.2) is 12.5 Å². The van der Waals surface area contributed by atoms with Gasteiger partial charge in [0.1, 0.15) is 5.82 Å². The van der Waals surface area contributed by atoms with Crippen LogP contribution < -0.4 is 10.6 Å². The van der Waals surface area contributed by atoms with Crippen molar-refractivity contribution in [2.24, 2.45) is 5.73 Å². The molecule has 0 fully saturated rings. The summed E-state index contributed by atoms with van der Waals surface area (Å²) in [5, 5.41) is 0. The molecular weight excluding hydrogens is 267 g/mol. The van der Waals surface area contributed by atoms with Crippen molar-refractivity contribution < 1.29 is 9.18 Å². The van der Waals surface area contributed by atoms with E-state index in [9.17, 15) is 9.18 Å². The highest BCUT2D eigenvalue weighted by Crippen LogP contribution is 2.29. The molecule has 3 nitrogen and oxygen atoms in total. The average molecular weight is 284 g/mol. The van der Waals surface area contributed by atoms with Crippen LogP contribution in [0.1, 0.15) is 23.6 Å². The summed E-state index contributed by atoms with van der Waals surface area (Å²) in [6.07, 6.45) is 1.22. The maximum atomic E-state index is 13.8. The Kier molecular flexibility index (Phi) is 3.71. The number of benzene rings is 2. The molecule has 1 heterocycles. The zero-order valence-electron chi connectivity index (χ0n) is 11.6. The number of aryl methyl sites for hydroxylation is 1. The maximum Gasteiger partial charge on any atom is 0.227 e. The number of halogens is 1. The van der Waals surface area contributed by atoms with Gasteiger partial charge in [0.25, 0.3) is 0 Å². The number of amides is 1. The Hall–Kier alpha value is -2.20. The van der Waals surface area contributed by atoms with Gasteiger partial charge in [0.05, 0.1) is 6.04 Å². The van der Waals surface area contributed by atoms with Crippen LogP contribution in [0.3, 0.4) is 0 Å². The molecule has 1 unspecified atom stereocenters. The summed E-state index contributed by atoms with van der Waals surface area (Å²) in [6, 6.07) is 13.7. The number of carbonyl (C=O) groups excluding carboxylic acids is 1.